The number of likely N-dealkylation sites (tertiary alicyclic amines) is 1. The molecular formula is C34H33F2N5O5. The Morgan fingerprint density at radius 2 is 1.67 bits per heavy atom. The summed E-state index contributed by atoms with van der Waals surface area (Å²) in [6.07, 6.45) is 0.349. The van der Waals surface area contributed by atoms with E-state index in [4.69, 9.17) is 15.2 Å². The molecule has 2 aliphatic rings. The molecule has 0 bridgehead atoms. The lowest BCUT2D eigenvalue weighted by molar-refractivity contribution is -0.150. The maximum absolute atomic E-state index is 14.6. The van der Waals surface area contributed by atoms with Gasteiger partial charge in [0.1, 0.15) is 23.9 Å². The van der Waals surface area contributed by atoms with E-state index in [1.807, 2.05) is 24.3 Å². The predicted molar refractivity (Wildman–Crippen MR) is 165 cm³/mol. The summed E-state index contributed by atoms with van der Waals surface area (Å²) in [7, 11) is 0. The fraction of sp³-hybridized carbons (Fsp3) is 0.324. The van der Waals surface area contributed by atoms with Gasteiger partial charge >= 0.3 is 12.1 Å². The van der Waals surface area contributed by atoms with Gasteiger partial charge in [0.2, 0.25) is 5.95 Å². The molecule has 0 saturated carbocycles. The van der Waals surface area contributed by atoms with Crippen LogP contribution in [0.15, 0.2) is 54.6 Å². The number of nitrogens with two attached hydrogens (primary N) is 1. The first kappa shape index (κ1) is 30.9. The van der Waals surface area contributed by atoms with Crippen molar-refractivity contribution in [2.45, 2.75) is 65.0 Å². The van der Waals surface area contributed by atoms with Gasteiger partial charge < -0.3 is 20.1 Å². The quantitative estimate of drug-likeness (QED) is 0.276. The average molecular weight is 630 g/mol. The van der Waals surface area contributed by atoms with E-state index in [-0.39, 0.29) is 28.7 Å². The summed E-state index contributed by atoms with van der Waals surface area (Å²) in [6.45, 7) is 5.96. The van der Waals surface area contributed by atoms with Crippen LogP contribution in [-0.4, -0.2) is 55.9 Å². The highest BCUT2D eigenvalue weighted by Gasteiger charge is 2.38. The molecule has 1 unspecified atom stereocenters. The largest absolute Gasteiger partial charge is 0.459 e. The molecule has 1 fully saturated rings. The Labute approximate surface area is 264 Å². The number of halogens is 2. The van der Waals surface area contributed by atoms with Crippen LogP contribution in [-0.2, 0) is 34.0 Å². The fourth-order valence-electron chi connectivity index (χ4n) is 5.88. The number of ether oxygens (including phenoxy) is 2. The smallest absolute Gasteiger partial charge is 0.411 e. The van der Waals surface area contributed by atoms with Crippen LogP contribution in [0, 0.1) is 11.6 Å². The van der Waals surface area contributed by atoms with E-state index in [1.165, 1.54) is 4.90 Å². The van der Waals surface area contributed by atoms with E-state index in [0.717, 1.165) is 23.3 Å². The molecule has 1 saturated heterocycles. The average Bonchev–Trinajstić information content (AvgIpc) is 3.68. The van der Waals surface area contributed by atoms with Gasteiger partial charge in [-0.05, 0) is 80.1 Å². The van der Waals surface area contributed by atoms with Gasteiger partial charge in [0.05, 0.1) is 5.52 Å². The molecule has 12 heteroatoms. The van der Waals surface area contributed by atoms with Crippen LogP contribution in [0.3, 0.4) is 0 Å². The van der Waals surface area contributed by atoms with Crippen molar-refractivity contribution >= 4 is 34.8 Å². The first-order chi connectivity index (χ1) is 21.9. The molecule has 1 aromatic heterocycles. The number of benzene rings is 3. The van der Waals surface area contributed by atoms with E-state index in [1.54, 1.807) is 43.9 Å². The topological polar surface area (TPSA) is 128 Å². The molecule has 3 aromatic carbocycles. The minimum atomic E-state index is -1.12. The first-order valence-corrected chi connectivity index (χ1v) is 15.0. The first-order valence-electron chi connectivity index (χ1n) is 15.0. The van der Waals surface area contributed by atoms with E-state index >= 15 is 0 Å². The number of nitrogen functional groups attached to an aromatic ring is 1. The molecule has 0 radical (unpaired) electrons. The van der Waals surface area contributed by atoms with Crippen molar-refractivity contribution in [1.29, 1.82) is 0 Å². The molecule has 4 aromatic rings. The van der Waals surface area contributed by atoms with Gasteiger partial charge in [0, 0.05) is 30.6 Å². The second-order valence-corrected chi connectivity index (χ2v) is 12.5. The number of carbonyl (C=O) groups is 3. The van der Waals surface area contributed by atoms with Gasteiger partial charge in [-0.15, -0.1) is 0 Å². The Bertz CT molecular complexity index is 1850. The van der Waals surface area contributed by atoms with Gasteiger partial charge in [-0.3, -0.25) is 9.69 Å². The number of anilines is 1. The number of hydrogen-bond acceptors (Lipinski definition) is 8. The number of carbonyl (C=O) groups excluding carboxylic acids is 3. The Morgan fingerprint density at radius 3 is 2.37 bits per heavy atom. The molecule has 0 spiro atoms. The van der Waals surface area contributed by atoms with Crippen LogP contribution in [0.2, 0.25) is 0 Å². The summed E-state index contributed by atoms with van der Waals surface area (Å²) in [5.74, 6) is -3.32. The number of fused-ring (bicyclic) bond motifs is 2. The Balaban J connectivity index is 1.29. The van der Waals surface area contributed by atoms with Crippen molar-refractivity contribution < 1.29 is 32.6 Å². The van der Waals surface area contributed by atoms with Crippen LogP contribution < -0.4 is 5.73 Å². The minimum Gasteiger partial charge on any atom is -0.459 e. The lowest BCUT2D eigenvalue weighted by Crippen LogP contribution is -2.44. The highest BCUT2D eigenvalue weighted by molar-refractivity contribution is 6.06. The summed E-state index contributed by atoms with van der Waals surface area (Å²) < 4.78 is 40.1. The van der Waals surface area contributed by atoms with E-state index in [9.17, 15) is 23.2 Å². The third-order valence-electron chi connectivity index (χ3n) is 8.02. The van der Waals surface area contributed by atoms with E-state index in [0.29, 0.717) is 48.9 Å². The normalized spacial score (nSPS) is 16.1. The predicted octanol–water partition coefficient (Wildman–Crippen LogP) is 5.76. The third kappa shape index (κ3) is 6.19. The lowest BCUT2D eigenvalue weighted by Gasteiger charge is -2.27. The molecule has 10 nitrogen and oxygen atoms in total. The molecule has 0 aliphatic carbocycles. The molecule has 6 rings (SSSR count). The standard InChI is InChI=1S/C34H33F2N5O5/c1-34(2,3)46-33(44)41-12-6-9-28(41)31(43)45-18-22-14-25(35)26(36)15-23(22)19-10-11-27-24(13-19)29(39-32(37)38-27)30(42)40-16-20-7-4-5-8-21(20)17-40/h4-5,7-8,10-11,13-15,28H,6,9,12,16-18H2,1-3H3,(H2,37,38,39). The van der Waals surface area contributed by atoms with Crippen LogP contribution in [0.25, 0.3) is 22.0 Å². The zero-order valence-corrected chi connectivity index (χ0v) is 25.7. The second kappa shape index (κ2) is 12.0. The zero-order chi connectivity index (χ0) is 32.7. The van der Waals surface area contributed by atoms with Crippen molar-refractivity contribution in [2.75, 3.05) is 12.3 Å². The number of rotatable bonds is 5. The summed E-state index contributed by atoms with van der Waals surface area (Å²) in [4.78, 5) is 51.1. The Morgan fingerprint density at radius 1 is 0.978 bits per heavy atom. The van der Waals surface area contributed by atoms with Gasteiger partial charge in [-0.2, -0.15) is 0 Å². The summed E-state index contributed by atoms with van der Waals surface area (Å²) in [5, 5.41) is 0.374. The van der Waals surface area contributed by atoms with Crippen molar-refractivity contribution in [2.24, 2.45) is 0 Å². The van der Waals surface area contributed by atoms with E-state index < -0.39 is 41.9 Å². The van der Waals surface area contributed by atoms with Crippen LogP contribution >= 0.6 is 0 Å². The zero-order valence-electron chi connectivity index (χ0n) is 25.7. The summed E-state index contributed by atoms with van der Waals surface area (Å²) in [5.41, 5.74) is 8.63. The van der Waals surface area contributed by atoms with Crippen molar-refractivity contribution in [3.05, 3.63) is 88.6 Å². The molecule has 1 atom stereocenters. The van der Waals surface area contributed by atoms with Crippen LogP contribution in [0.1, 0.15) is 60.8 Å². The Hall–Kier alpha value is -5.13. The van der Waals surface area contributed by atoms with Gasteiger partial charge in [-0.1, -0.05) is 30.3 Å². The third-order valence-corrected chi connectivity index (χ3v) is 8.02. The van der Waals surface area contributed by atoms with Gasteiger partial charge in [0.15, 0.2) is 11.6 Å². The number of amides is 2. The van der Waals surface area contributed by atoms with Gasteiger partial charge in [0.25, 0.3) is 5.91 Å². The summed E-state index contributed by atoms with van der Waals surface area (Å²) in [6, 6.07) is 13.7. The Kier molecular flexibility index (Phi) is 8.05. The van der Waals surface area contributed by atoms with Crippen molar-refractivity contribution in [3.63, 3.8) is 0 Å². The van der Waals surface area contributed by atoms with Crippen molar-refractivity contribution in [3.8, 4) is 11.1 Å². The van der Waals surface area contributed by atoms with Gasteiger partial charge in [-0.25, -0.2) is 28.3 Å². The monoisotopic (exact) mass is 629 g/mol. The highest BCUT2D eigenvalue weighted by Crippen LogP contribution is 2.32. The molecule has 2 aliphatic heterocycles. The maximum atomic E-state index is 14.6. The molecule has 2 amide bonds. The number of aromatic nitrogens is 2. The lowest BCUT2D eigenvalue weighted by atomic mass is 9.97. The van der Waals surface area contributed by atoms with Crippen molar-refractivity contribution in [1.82, 2.24) is 19.8 Å². The molecule has 3 heterocycles. The number of nitrogens with zero attached hydrogens (tertiary/aromatic N) is 4. The minimum absolute atomic E-state index is 0.0759. The highest BCUT2D eigenvalue weighted by atomic mass is 19.2. The van der Waals surface area contributed by atoms with E-state index in [2.05, 4.69) is 9.97 Å². The fourth-order valence-corrected chi connectivity index (χ4v) is 5.88. The number of hydrogen-bond donors (Lipinski definition) is 1. The summed E-state index contributed by atoms with van der Waals surface area (Å²) >= 11 is 0. The second-order valence-electron chi connectivity index (χ2n) is 12.5. The molecule has 238 valence electrons. The molecule has 2 N–H and O–H groups in total. The van der Waals surface area contributed by atoms with Crippen LogP contribution in [0.5, 0.6) is 0 Å². The molecular weight excluding hydrogens is 596 g/mol. The number of esters is 1. The SMILES string of the molecule is CC(C)(C)OC(=O)N1CCCC1C(=O)OCc1cc(F)c(F)cc1-c1ccc2nc(N)nc(C(=O)N3Cc4ccccc4C3)c2c1. The molecule has 46 heavy (non-hydrogen) atoms. The van der Waals surface area contributed by atoms with Crippen LogP contribution in [0.4, 0.5) is 19.5 Å². The maximum Gasteiger partial charge on any atom is 0.411 e.